The summed E-state index contributed by atoms with van der Waals surface area (Å²) in [6.45, 7) is 1.85. The number of hydrogen-bond acceptors (Lipinski definition) is 7. The monoisotopic (exact) mass is 322 g/mol. The minimum atomic E-state index is -0.409. The highest BCUT2D eigenvalue weighted by atomic mass is 16.5. The molecule has 0 unspecified atom stereocenters. The normalized spacial score (nSPS) is 26.2. The number of methoxy groups -OCH3 is 2. The average molecular weight is 322 g/mol. The molecule has 1 N–H and O–H groups in total. The van der Waals surface area contributed by atoms with Gasteiger partial charge in [-0.05, 0) is 6.42 Å². The third-order valence-electron chi connectivity index (χ3n) is 4.31. The predicted octanol–water partition coefficient (Wildman–Crippen LogP) is -0.0160. The first kappa shape index (κ1) is 15.9. The van der Waals surface area contributed by atoms with E-state index < -0.39 is 6.10 Å². The molecular formula is C15H22N4O4. The molecule has 0 spiro atoms. The Morgan fingerprint density at radius 2 is 2.35 bits per heavy atom. The Hall–Kier alpha value is -1.93. The van der Waals surface area contributed by atoms with Gasteiger partial charge in [-0.25, -0.2) is 9.97 Å². The van der Waals surface area contributed by atoms with Crippen LogP contribution in [-0.4, -0.2) is 68.0 Å². The number of carbonyl (C=O) groups excluding carboxylic acids is 1. The number of ether oxygens (including phenoxy) is 3. The van der Waals surface area contributed by atoms with Gasteiger partial charge in [-0.3, -0.25) is 4.79 Å². The van der Waals surface area contributed by atoms with E-state index >= 15 is 0 Å². The van der Waals surface area contributed by atoms with Crippen molar-refractivity contribution >= 4 is 11.7 Å². The summed E-state index contributed by atoms with van der Waals surface area (Å²) in [6, 6.07) is 1.97. The molecule has 2 fully saturated rings. The lowest BCUT2D eigenvalue weighted by Gasteiger charge is -2.24. The van der Waals surface area contributed by atoms with Crippen LogP contribution in [-0.2, 0) is 14.3 Å². The summed E-state index contributed by atoms with van der Waals surface area (Å²) in [5.74, 6) is 1.27. The Morgan fingerprint density at radius 3 is 3.13 bits per heavy atom. The van der Waals surface area contributed by atoms with Crippen molar-refractivity contribution in [3.8, 4) is 5.88 Å². The van der Waals surface area contributed by atoms with E-state index in [4.69, 9.17) is 14.2 Å². The van der Waals surface area contributed by atoms with Crippen molar-refractivity contribution in [2.45, 2.75) is 31.1 Å². The molecule has 0 radical (unpaired) electrons. The van der Waals surface area contributed by atoms with Crippen molar-refractivity contribution in [2.75, 3.05) is 38.8 Å². The number of fused-ring (bicyclic) bond motifs is 1. The van der Waals surface area contributed by atoms with E-state index in [-0.39, 0.29) is 18.1 Å². The van der Waals surface area contributed by atoms with Crippen molar-refractivity contribution in [2.24, 2.45) is 0 Å². The number of carbonyl (C=O) groups is 1. The van der Waals surface area contributed by atoms with Gasteiger partial charge in [0, 0.05) is 32.7 Å². The summed E-state index contributed by atoms with van der Waals surface area (Å²) in [5, 5.41) is 2.83. The van der Waals surface area contributed by atoms with E-state index in [9.17, 15) is 4.79 Å². The molecule has 23 heavy (non-hydrogen) atoms. The Balaban J connectivity index is 1.63. The van der Waals surface area contributed by atoms with E-state index in [2.05, 4.69) is 20.2 Å². The van der Waals surface area contributed by atoms with Crippen LogP contribution in [0, 0.1) is 0 Å². The van der Waals surface area contributed by atoms with Crippen LogP contribution in [0.25, 0.3) is 0 Å². The van der Waals surface area contributed by atoms with Crippen molar-refractivity contribution in [3.05, 3.63) is 12.4 Å². The van der Waals surface area contributed by atoms with Crippen LogP contribution in [0.5, 0.6) is 5.88 Å². The number of nitrogens with zero attached hydrogens (tertiary/aromatic N) is 3. The van der Waals surface area contributed by atoms with E-state index in [1.54, 1.807) is 14.2 Å². The van der Waals surface area contributed by atoms with E-state index in [0.29, 0.717) is 25.5 Å². The molecule has 1 amide bonds. The van der Waals surface area contributed by atoms with E-state index in [1.807, 2.05) is 6.07 Å². The van der Waals surface area contributed by atoms with Gasteiger partial charge in [0.05, 0.1) is 25.9 Å². The minimum Gasteiger partial charge on any atom is -0.481 e. The maximum Gasteiger partial charge on any atom is 0.249 e. The van der Waals surface area contributed by atoms with Crippen molar-refractivity contribution in [3.63, 3.8) is 0 Å². The van der Waals surface area contributed by atoms with Gasteiger partial charge in [0.15, 0.2) is 0 Å². The smallest absolute Gasteiger partial charge is 0.249 e. The van der Waals surface area contributed by atoms with Crippen LogP contribution < -0.4 is 15.0 Å². The molecule has 126 valence electrons. The third kappa shape index (κ3) is 3.37. The molecule has 0 aromatic carbocycles. The second-order valence-corrected chi connectivity index (χ2v) is 5.65. The van der Waals surface area contributed by atoms with Gasteiger partial charge < -0.3 is 24.4 Å². The molecular weight excluding hydrogens is 300 g/mol. The van der Waals surface area contributed by atoms with Gasteiger partial charge in [0.25, 0.3) is 0 Å². The summed E-state index contributed by atoms with van der Waals surface area (Å²) >= 11 is 0. The summed E-state index contributed by atoms with van der Waals surface area (Å²) in [4.78, 5) is 22.7. The fraction of sp³-hybridized carbons (Fsp3) is 0.667. The van der Waals surface area contributed by atoms with Crippen LogP contribution in [0.2, 0.25) is 0 Å². The standard InChI is InChI=1S/C15H22N4O4/c1-21-6-4-16-15(20)12-7-10-11(23-12)3-5-19(10)13-8-14(22-2)18-9-17-13/h8-12H,3-7H2,1-2H3,(H,16,20)/t10-,11-,12-/m0/s1. The lowest BCUT2D eigenvalue weighted by molar-refractivity contribution is -0.132. The number of nitrogens with one attached hydrogen (secondary N) is 1. The zero-order valence-electron chi connectivity index (χ0n) is 13.4. The van der Waals surface area contributed by atoms with Crippen LogP contribution >= 0.6 is 0 Å². The zero-order valence-corrected chi connectivity index (χ0v) is 13.4. The van der Waals surface area contributed by atoms with E-state index in [1.165, 1.54) is 6.33 Å². The topological polar surface area (TPSA) is 85.8 Å². The van der Waals surface area contributed by atoms with Crippen LogP contribution in [0.1, 0.15) is 12.8 Å². The summed E-state index contributed by atoms with van der Waals surface area (Å²) in [7, 11) is 3.19. The predicted molar refractivity (Wildman–Crippen MR) is 82.5 cm³/mol. The fourth-order valence-electron chi connectivity index (χ4n) is 3.19. The molecule has 1 aromatic rings. The number of rotatable bonds is 6. The largest absolute Gasteiger partial charge is 0.481 e. The average Bonchev–Trinajstić information content (AvgIpc) is 3.15. The molecule has 3 heterocycles. The third-order valence-corrected chi connectivity index (χ3v) is 4.31. The van der Waals surface area contributed by atoms with Crippen LogP contribution in [0.4, 0.5) is 5.82 Å². The Bertz CT molecular complexity index is 556. The molecule has 8 heteroatoms. The van der Waals surface area contributed by atoms with Crippen molar-refractivity contribution in [1.29, 1.82) is 0 Å². The number of amides is 1. The van der Waals surface area contributed by atoms with Gasteiger partial charge >= 0.3 is 0 Å². The second kappa shape index (κ2) is 7.10. The van der Waals surface area contributed by atoms with Gasteiger partial charge in [-0.2, -0.15) is 0 Å². The molecule has 2 aliphatic heterocycles. The quantitative estimate of drug-likeness (QED) is 0.737. The first-order valence-electron chi connectivity index (χ1n) is 7.77. The molecule has 1 aromatic heterocycles. The second-order valence-electron chi connectivity index (χ2n) is 5.65. The number of aromatic nitrogens is 2. The Labute approximate surface area is 135 Å². The lowest BCUT2D eigenvalue weighted by atomic mass is 10.1. The molecule has 8 nitrogen and oxygen atoms in total. The van der Waals surface area contributed by atoms with Crippen LogP contribution in [0.3, 0.4) is 0 Å². The maximum atomic E-state index is 12.1. The van der Waals surface area contributed by atoms with Gasteiger partial charge in [0.2, 0.25) is 11.8 Å². The highest BCUT2D eigenvalue weighted by Gasteiger charge is 2.46. The fourth-order valence-corrected chi connectivity index (χ4v) is 3.19. The molecule has 2 aliphatic rings. The zero-order chi connectivity index (χ0) is 16.2. The Kier molecular flexibility index (Phi) is 4.92. The van der Waals surface area contributed by atoms with E-state index in [0.717, 1.165) is 18.8 Å². The molecule has 3 atom stereocenters. The maximum absolute atomic E-state index is 12.1. The van der Waals surface area contributed by atoms with Gasteiger partial charge in [0.1, 0.15) is 18.2 Å². The molecule has 2 saturated heterocycles. The van der Waals surface area contributed by atoms with Crippen molar-refractivity contribution < 1.29 is 19.0 Å². The first-order chi connectivity index (χ1) is 11.2. The lowest BCUT2D eigenvalue weighted by Crippen LogP contribution is -2.38. The van der Waals surface area contributed by atoms with Gasteiger partial charge in [-0.1, -0.05) is 0 Å². The Morgan fingerprint density at radius 1 is 1.48 bits per heavy atom. The number of hydrogen-bond donors (Lipinski definition) is 1. The molecule has 3 rings (SSSR count). The SMILES string of the molecule is COCCNC(=O)[C@@H]1C[C@H]2[C@H](CCN2c2cc(OC)ncn2)O1. The minimum absolute atomic E-state index is 0.0640. The van der Waals surface area contributed by atoms with Gasteiger partial charge in [-0.15, -0.1) is 0 Å². The molecule has 0 saturated carbocycles. The van der Waals surface area contributed by atoms with Crippen molar-refractivity contribution in [1.82, 2.24) is 15.3 Å². The molecule has 0 bridgehead atoms. The molecule has 0 aliphatic carbocycles. The summed E-state index contributed by atoms with van der Waals surface area (Å²) in [5.41, 5.74) is 0. The highest BCUT2D eigenvalue weighted by Crippen LogP contribution is 2.35. The first-order valence-corrected chi connectivity index (χ1v) is 7.77. The highest BCUT2D eigenvalue weighted by molar-refractivity contribution is 5.81. The summed E-state index contributed by atoms with van der Waals surface area (Å²) < 4.78 is 16.0. The summed E-state index contributed by atoms with van der Waals surface area (Å²) in [6.07, 6.45) is 2.70. The van der Waals surface area contributed by atoms with Crippen LogP contribution in [0.15, 0.2) is 12.4 Å². The number of anilines is 1.